The minimum atomic E-state index is -0.337. The Labute approximate surface area is 174 Å². The second kappa shape index (κ2) is 9.00. The van der Waals surface area contributed by atoms with E-state index in [2.05, 4.69) is 15.0 Å². The van der Waals surface area contributed by atoms with E-state index in [1.165, 1.54) is 23.8 Å². The Morgan fingerprint density at radius 3 is 2.57 bits per heavy atom. The average molecular weight is 406 g/mol. The van der Waals surface area contributed by atoms with Gasteiger partial charge in [0.1, 0.15) is 5.82 Å². The molecule has 0 radical (unpaired) electrons. The first kappa shape index (κ1) is 20.0. The van der Waals surface area contributed by atoms with Crippen LogP contribution in [-0.2, 0) is 11.3 Å². The van der Waals surface area contributed by atoms with Crippen LogP contribution in [0.25, 0.3) is 17.5 Å². The molecule has 1 amide bonds. The third kappa shape index (κ3) is 4.80. The zero-order valence-corrected chi connectivity index (χ0v) is 16.8. The summed E-state index contributed by atoms with van der Waals surface area (Å²) in [5, 5.41) is 4.07. The highest BCUT2D eigenvalue weighted by atomic mass is 19.1. The predicted octanol–water partition coefficient (Wildman–Crippen LogP) is 3.54. The van der Waals surface area contributed by atoms with E-state index in [4.69, 9.17) is 4.52 Å². The van der Waals surface area contributed by atoms with Crippen molar-refractivity contribution in [3.63, 3.8) is 0 Å². The lowest BCUT2D eigenvalue weighted by atomic mass is 10.1. The minimum absolute atomic E-state index is 0.114. The Hall–Kier alpha value is -3.32. The van der Waals surface area contributed by atoms with Crippen molar-refractivity contribution in [2.24, 2.45) is 0 Å². The molecule has 154 valence electrons. The van der Waals surface area contributed by atoms with Crippen LogP contribution in [0.15, 0.2) is 59.1 Å². The third-order valence-electron chi connectivity index (χ3n) is 5.13. The zero-order chi connectivity index (χ0) is 20.9. The third-order valence-corrected chi connectivity index (χ3v) is 5.13. The second-order valence-electron chi connectivity index (χ2n) is 7.33. The van der Waals surface area contributed by atoms with Gasteiger partial charge in [0.25, 0.3) is 0 Å². The van der Waals surface area contributed by atoms with Crippen LogP contribution in [0.4, 0.5) is 4.39 Å². The number of aryl methyl sites for hydroxylation is 1. The lowest BCUT2D eigenvalue weighted by Crippen LogP contribution is -2.47. The maximum absolute atomic E-state index is 13.7. The molecule has 1 aliphatic heterocycles. The molecule has 2 aromatic carbocycles. The Balaban J connectivity index is 1.29. The number of amides is 1. The molecular weight excluding hydrogens is 383 g/mol. The first-order valence-electron chi connectivity index (χ1n) is 9.92. The molecule has 1 saturated heterocycles. The topological polar surface area (TPSA) is 62.5 Å². The van der Waals surface area contributed by atoms with E-state index in [0.29, 0.717) is 50.0 Å². The molecule has 0 unspecified atom stereocenters. The van der Waals surface area contributed by atoms with Crippen molar-refractivity contribution in [2.45, 2.75) is 13.5 Å². The van der Waals surface area contributed by atoms with Crippen LogP contribution in [0.1, 0.15) is 17.0 Å². The molecule has 0 aliphatic carbocycles. The van der Waals surface area contributed by atoms with Gasteiger partial charge >= 0.3 is 0 Å². The molecule has 0 N–H and O–H groups in total. The fraction of sp³-hybridized carbons (Fsp3) is 0.261. The smallest absolute Gasteiger partial charge is 0.246 e. The molecule has 0 saturated carbocycles. The van der Waals surface area contributed by atoms with Gasteiger partial charge < -0.3 is 9.42 Å². The number of hydrogen-bond acceptors (Lipinski definition) is 5. The molecule has 4 rings (SSSR count). The molecule has 0 spiro atoms. The van der Waals surface area contributed by atoms with Gasteiger partial charge in [0, 0.05) is 43.4 Å². The van der Waals surface area contributed by atoms with Crippen molar-refractivity contribution < 1.29 is 13.7 Å². The number of piperazine rings is 1. The van der Waals surface area contributed by atoms with Crippen LogP contribution in [0.5, 0.6) is 0 Å². The maximum atomic E-state index is 13.7. The van der Waals surface area contributed by atoms with Crippen molar-refractivity contribution in [3.8, 4) is 11.4 Å². The number of aromatic nitrogens is 2. The van der Waals surface area contributed by atoms with Crippen molar-refractivity contribution in [1.29, 1.82) is 0 Å². The van der Waals surface area contributed by atoms with E-state index in [-0.39, 0.29) is 11.7 Å². The van der Waals surface area contributed by atoms with Gasteiger partial charge in [-0.2, -0.15) is 4.98 Å². The summed E-state index contributed by atoms with van der Waals surface area (Å²) in [5.74, 6) is 0.690. The van der Waals surface area contributed by atoms with E-state index in [0.717, 1.165) is 5.56 Å². The Morgan fingerprint density at radius 2 is 1.83 bits per heavy atom. The summed E-state index contributed by atoms with van der Waals surface area (Å²) in [4.78, 5) is 20.8. The number of rotatable bonds is 5. The predicted molar refractivity (Wildman–Crippen MR) is 112 cm³/mol. The van der Waals surface area contributed by atoms with Crippen LogP contribution in [0.3, 0.4) is 0 Å². The van der Waals surface area contributed by atoms with Crippen LogP contribution < -0.4 is 0 Å². The minimum Gasteiger partial charge on any atom is -0.338 e. The molecule has 3 aromatic rings. The van der Waals surface area contributed by atoms with Crippen LogP contribution in [-0.4, -0.2) is 52.0 Å². The van der Waals surface area contributed by atoms with Gasteiger partial charge in [-0.25, -0.2) is 4.39 Å². The summed E-state index contributed by atoms with van der Waals surface area (Å²) in [7, 11) is 0. The van der Waals surface area contributed by atoms with Crippen molar-refractivity contribution in [2.75, 3.05) is 26.2 Å². The first-order chi connectivity index (χ1) is 14.6. The van der Waals surface area contributed by atoms with Crippen molar-refractivity contribution in [3.05, 3.63) is 77.4 Å². The summed E-state index contributed by atoms with van der Waals surface area (Å²) < 4.78 is 19.1. The quantitative estimate of drug-likeness (QED) is 0.607. The summed E-state index contributed by atoms with van der Waals surface area (Å²) in [6.07, 6.45) is 2.95. The summed E-state index contributed by atoms with van der Waals surface area (Å²) in [6, 6.07) is 14.4. The van der Waals surface area contributed by atoms with E-state index in [1.807, 2.05) is 31.2 Å². The highest BCUT2D eigenvalue weighted by Gasteiger charge is 2.21. The number of halogens is 1. The molecule has 6 nitrogen and oxygen atoms in total. The molecular formula is C23H23FN4O2. The van der Waals surface area contributed by atoms with Gasteiger partial charge in [0.15, 0.2) is 0 Å². The standard InChI is InChI=1S/C23H23FN4O2/c1-17-6-8-19(9-7-17)23-25-21(30-26-23)16-27-12-14-28(15-13-27)22(29)11-10-18-4-2-3-5-20(18)24/h2-11H,12-16H2,1H3/b11-10+. The van der Waals surface area contributed by atoms with Gasteiger partial charge in [0.05, 0.1) is 6.54 Å². The highest BCUT2D eigenvalue weighted by molar-refractivity contribution is 5.91. The molecule has 2 heterocycles. The monoisotopic (exact) mass is 406 g/mol. The SMILES string of the molecule is Cc1ccc(-c2noc(CN3CCN(C(=O)/C=C/c4ccccc4F)CC3)n2)cc1. The summed E-state index contributed by atoms with van der Waals surface area (Å²) >= 11 is 0. The molecule has 0 bridgehead atoms. The van der Waals surface area contributed by atoms with E-state index >= 15 is 0 Å². The van der Waals surface area contributed by atoms with Gasteiger partial charge in [-0.15, -0.1) is 0 Å². The van der Waals surface area contributed by atoms with Crippen LogP contribution in [0, 0.1) is 12.7 Å². The number of carbonyl (C=O) groups excluding carboxylic acids is 1. The Morgan fingerprint density at radius 1 is 1.10 bits per heavy atom. The van der Waals surface area contributed by atoms with Gasteiger partial charge in [-0.1, -0.05) is 53.2 Å². The summed E-state index contributed by atoms with van der Waals surface area (Å²) in [6.45, 7) is 5.19. The molecule has 1 fully saturated rings. The fourth-order valence-electron chi connectivity index (χ4n) is 3.33. The number of hydrogen-bond donors (Lipinski definition) is 0. The Kier molecular flexibility index (Phi) is 5.99. The molecule has 30 heavy (non-hydrogen) atoms. The Bertz CT molecular complexity index is 1040. The average Bonchev–Trinajstić information content (AvgIpc) is 3.22. The first-order valence-corrected chi connectivity index (χ1v) is 9.92. The summed E-state index contributed by atoms with van der Waals surface area (Å²) in [5.41, 5.74) is 2.51. The van der Waals surface area contributed by atoms with E-state index in [9.17, 15) is 9.18 Å². The van der Waals surface area contributed by atoms with Crippen LogP contribution >= 0.6 is 0 Å². The van der Waals surface area contributed by atoms with Gasteiger partial charge in [0.2, 0.25) is 17.6 Å². The van der Waals surface area contributed by atoms with Crippen molar-refractivity contribution in [1.82, 2.24) is 19.9 Å². The fourth-order valence-corrected chi connectivity index (χ4v) is 3.33. The molecule has 7 heteroatoms. The van der Waals surface area contributed by atoms with Gasteiger partial charge in [-0.05, 0) is 19.1 Å². The molecule has 1 aromatic heterocycles. The van der Waals surface area contributed by atoms with E-state index in [1.54, 1.807) is 23.1 Å². The number of carbonyl (C=O) groups is 1. The normalized spacial score (nSPS) is 15.1. The highest BCUT2D eigenvalue weighted by Crippen LogP contribution is 2.17. The maximum Gasteiger partial charge on any atom is 0.246 e. The van der Waals surface area contributed by atoms with Crippen LogP contribution in [0.2, 0.25) is 0 Å². The molecule has 1 aliphatic rings. The number of nitrogens with zero attached hydrogens (tertiary/aromatic N) is 4. The van der Waals surface area contributed by atoms with Crippen molar-refractivity contribution >= 4 is 12.0 Å². The lowest BCUT2D eigenvalue weighted by Gasteiger charge is -2.33. The second-order valence-corrected chi connectivity index (χ2v) is 7.33. The van der Waals surface area contributed by atoms with E-state index < -0.39 is 0 Å². The lowest BCUT2D eigenvalue weighted by molar-refractivity contribution is -0.127. The zero-order valence-electron chi connectivity index (χ0n) is 16.8. The van der Waals surface area contributed by atoms with Gasteiger partial charge in [-0.3, -0.25) is 9.69 Å². The molecule has 0 atom stereocenters. The largest absolute Gasteiger partial charge is 0.338 e. The number of benzene rings is 2.